The third kappa shape index (κ3) is 1.96. The monoisotopic (exact) mass is 306 g/mol. The molecule has 2 aliphatic heterocycles. The average molecular weight is 306 g/mol. The zero-order chi connectivity index (χ0) is 14.7. The number of hydrogen-bond acceptors (Lipinski definition) is 4. The summed E-state index contributed by atoms with van der Waals surface area (Å²) in [5.41, 5.74) is 8.46. The minimum atomic E-state index is -0.0917. The highest BCUT2D eigenvalue weighted by atomic mass is 32.1. The number of nitrogens with zero attached hydrogens (tertiary/aromatic N) is 1. The molecule has 3 atom stereocenters. The van der Waals surface area contributed by atoms with Gasteiger partial charge in [-0.1, -0.05) is 13.8 Å². The van der Waals surface area contributed by atoms with Crippen LogP contribution in [0.25, 0.3) is 0 Å². The molecule has 1 saturated carbocycles. The number of hydrogen-bond donors (Lipinski definition) is 1. The Hall–Kier alpha value is -0.420. The van der Waals surface area contributed by atoms with Crippen LogP contribution in [0.3, 0.4) is 0 Å². The van der Waals surface area contributed by atoms with Gasteiger partial charge in [-0.15, -0.1) is 11.3 Å². The normalized spacial score (nSPS) is 38.4. The summed E-state index contributed by atoms with van der Waals surface area (Å²) in [7, 11) is 0. The van der Waals surface area contributed by atoms with E-state index in [1.165, 1.54) is 24.8 Å². The fourth-order valence-corrected chi connectivity index (χ4v) is 5.69. The van der Waals surface area contributed by atoms with Crippen LogP contribution in [-0.2, 0) is 17.7 Å². The van der Waals surface area contributed by atoms with E-state index in [2.05, 4.69) is 30.2 Å². The van der Waals surface area contributed by atoms with Gasteiger partial charge in [0.1, 0.15) is 0 Å². The summed E-state index contributed by atoms with van der Waals surface area (Å²) in [4.78, 5) is 4.14. The summed E-state index contributed by atoms with van der Waals surface area (Å²) >= 11 is 1.91. The second kappa shape index (κ2) is 4.79. The van der Waals surface area contributed by atoms with Crippen molar-refractivity contribution in [3.8, 4) is 0 Å². The summed E-state index contributed by atoms with van der Waals surface area (Å²) in [5.74, 6) is 0.546. The minimum Gasteiger partial charge on any atom is -0.377 e. The van der Waals surface area contributed by atoms with Gasteiger partial charge in [0.2, 0.25) is 0 Å². The third-order valence-electron chi connectivity index (χ3n) is 6.27. The van der Waals surface area contributed by atoms with Crippen LogP contribution in [0.4, 0.5) is 0 Å². The van der Waals surface area contributed by atoms with E-state index < -0.39 is 0 Å². The lowest BCUT2D eigenvalue weighted by Crippen LogP contribution is -2.80. The summed E-state index contributed by atoms with van der Waals surface area (Å²) in [6.45, 7) is 8.77. The molecule has 21 heavy (non-hydrogen) atoms. The molecule has 0 amide bonds. The van der Waals surface area contributed by atoms with E-state index in [4.69, 9.17) is 10.5 Å². The Bertz CT molecular complexity index is 541. The zero-order valence-corrected chi connectivity index (χ0v) is 13.9. The van der Waals surface area contributed by atoms with Crippen LogP contribution >= 0.6 is 11.3 Å². The Labute approximate surface area is 131 Å². The maximum absolute atomic E-state index is 6.94. The molecule has 3 nitrogen and oxygen atoms in total. The van der Waals surface area contributed by atoms with Crippen LogP contribution in [0.1, 0.15) is 37.1 Å². The SMILES string of the molecule is CC1(C)C2OCCCC2C1(N)CN1CCc2sccc2C1. The summed E-state index contributed by atoms with van der Waals surface area (Å²) in [6.07, 6.45) is 3.97. The maximum Gasteiger partial charge on any atom is 0.0690 e. The highest BCUT2D eigenvalue weighted by Crippen LogP contribution is 2.57. The van der Waals surface area contributed by atoms with E-state index in [-0.39, 0.29) is 11.0 Å². The Kier molecular flexibility index (Phi) is 3.23. The van der Waals surface area contributed by atoms with Crippen molar-refractivity contribution in [3.63, 3.8) is 0 Å². The van der Waals surface area contributed by atoms with E-state index in [0.717, 1.165) is 26.2 Å². The molecule has 3 aliphatic rings. The van der Waals surface area contributed by atoms with Crippen LogP contribution < -0.4 is 5.73 Å². The number of nitrogens with two attached hydrogens (primary N) is 1. The second-order valence-electron chi connectivity index (χ2n) is 7.63. The Balaban J connectivity index is 1.51. The van der Waals surface area contributed by atoms with E-state index >= 15 is 0 Å². The fraction of sp³-hybridized carbons (Fsp3) is 0.765. The molecule has 3 heterocycles. The molecule has 2 fully saturated rings. The van der Waals surface area contributed by atoms with Crippen molar-refractivity contribution in [2.75, 3.05) is 19.7 Å². The van der Waals surface area contributed by atoms with Crippen molar-refractivity contribution in [3.05, 3.63) is 21.9 Å². The molecule has 1 aromatic rings. The summed E-state index contributed by atoms with van der Waals surface area (Å²) in [5, 5.41) is 2.23. The highest BCUT2D eigenvalue weighted by Gasteiger charge is 2.66. The number of thiophene rings is 1. The summed E-state index contributed by atoms with van der Waals surface area (Å²) in [6, 6.07) is 2.29. The molecule has 1 saturated heterocycles. The number of fused-ring (bicyclic) bond motifs is 2. The Morgan fingerprint density at radius 2 is 2.33 bits per heavy atom. The van der Waals surface area contributed by atoms with E-state index in [0.29, 0.717) is 12.0 Å². The van der Waals surface area contributed by atoms with Gasteiger partial charge in [-0.3, -0.25) is 4.90 Å². The van der Waals surface area contributed by atoms with Gasteiger partial charge < -0.3 is 10.5 Å². The van der Waals surface area contributed by atoms with Crippen molar-refractivity contribution < 1.29 is 4.74 Å². The first kappa shape index (κ1) is 14.2. The van der Waals surface area contributed by atoms with Crippen LogP contribution in [0.5, 0.6) is 0 Å². The van der Waals surface area contributed by atoms with Crippen molar-refractivity contribution >= 4 is 11.3 Å². The lowest BCUT2D eigenvalue weighted by molar-refractivity contribution is -0.232. The molecule has 1 aliphatic carbocycles. The average Bonchev–Trinajstić information content (AvgIpc) is 2.94. The van der Waals surface area contributed by atoms with Crippen molar-refractivity contribution in [1.29, 1.82) is 0 Å². The van der Waals surface area contributed by atoms with Crippen molar-refractivity contribution in [1.82, 2.24) is 4.90 Å². The van der Waals surface area contributed by atoms with E-state index in [1.54, 1.807) is 4.88 Å². The van der Waals surface area contributed by atoms with Crippen LogP contribution in [0.15, 0.2) is 11.4 Å². The molecule has 3 unspecified atom stereocenters. The van der Waals surface area contributed by atoms with E-state index in [9.17, 15) is 0 Å². The van der Waals surface area contributed by atoms with Gasteiger partial charge >= 0.3 is 0 Å². The molecular formula is C17H26N2OS. The molecule has 0 radical (unpaired) electrons. The molecule has 2 N–H and O–H groups in total. The molecular weight excluding hydrogens is 280 g/mol. The lowest BCUT2D eigenvalue weighted by Gasteiger charge is -2.67. The molecule has 116 valence electrons. The Morgan fingerprint density at radius 1 is 1.48 bits per heavy atom. The van der Waals surface area contributed by atoms with Crippen LogP contribution in [-0.4, -0.2) is 36.2 Å². The quantitative estimate of drug-likeness (QED) is 0.913. The zero-order valence-electron chi connectivity index (χ0n) is 13.1. The highest BCUT2D eigenvalue weighted by molar-refractivity contribution is 7.10. The first-order valence-electron chi connectivity index (χ1n) is 8.20. The molecule has 4 heteroatoms. The van der Waals surface area contributed by atoms with Gasteiger partial charge in [-0.2, -0.15) is 0 Å². The van der Waals surface area contributed by atoms with Gasteiger partial charge in [-0.25, -0.2) is 0 Å². The molecule has 4 rings (SSSR count). The van der Waals surface area contributed by atoms with Crippen molar-refractivity contribution in [2.45, 2.75) is 51.3 Å². The fourth-order valence-electron chi connectivity index (χ4n) is 4.80. The second-order valence-corrected chi connectivity index (χ2v) is 8.63. The maximum atomic E-state index is 6.94. The minimum absolute atomic E-state index is 0.0903. The predicted molar refractivity (Wildman–Crippen MR) is 86.5 cm³/mol. The van der Waals surface area contributed by atoms with Gasteiger partial charge in [0.05, 0.1) is 6.10 Å². The molecule has 1 aromatic heterocycles. The third-order valence-corrected chi connectivity index (χ3v) is 7.29. The lowest BCUT2D eigenvalue weighted by atomic mass is 9.46. The van der Waals surface area contributed by atoms with Gasteiger partial charge in [-0.05, 0) is 36.3 Å². The predicted octanol–water partition coefficient (Wildman–Crippen LogP) is 2.64. The number of rotatable bonds is 2. The number of ether oxygens (including phenoxy) is 1. The van der Waals surface area contributed by atoms with Crippen LogP contribution in [0, 0.1) is 11.3 Å². The standard InChI is InChI=1S/C17H26N2OS/c1-16(2)15-13(4-3-8-20-15)17(16,18)11-19-7-5-14-12(10-19)6-9-21-14/h6,9,13,15H,3-5,7-8,10-11,18H2,1-2H3. The topological polar surface area (TPSA) is 38.5 Å². The Morgan fingerprint density at radius 3 is 3.19 bits per heavy atom. The van der Waals surface area contributed by atoms with Gasteiger partial charge in [0.15, 0.2) is 0 Å². The first-order valence-corrected chi connectivity index (χ1v) is 9.08. The smallest absolute Gasteiger partial charge is 0.0690 e. The summed E-state index contributed by atoms with van der Waals surface area (Å²) < 4.78 is 6.02. The molecule has 0 aromatic carbocycles. The first-order chi connectivity index (χ1) is 10.0. The van der Waals surface area contributed by atoms with E-state index in [1.807, 2.05) is 11.3 Å². The van der Waals surface area contributed by atoms with Crippen molar-refractivity contribution in [2.24, 2.45) is 17.1 Å². The van der Waals surface area contributed by atoms with Gasteiger partial charge in [0.25, 0.3) is 0 Å². The molecule has 0 spiro atoms. The molecule has 0 bridgehead atoms. The largest absolute Gasteiger partial charge is 0.377 e. The van der Waals surface area contributed by atoms with Crippen LogP contribution in [0.2, 0.25) is 0 Å². The van der Waals surface area contributed by atoms with Gasteiger partial charge in [0, 0.05) is 48.0 Å².